The number of rotatable bonds is 9. The lowest BCUT2D eigenvalue weighted by Crippen LogP contribution is -2.55. The van der Waals surface area contributed by atoms with Gasteiger partial charge in [-0.25, -0.2) is 4.21 Å². The number of carbonyl (C=O) groups is 1. The number of carboxylic acid groups (broad SMARTS) is 1. The number of nitrogens with two attached hydrogens (primary N) is 1. The zero-order valence-electron chi connectivity index (χ0n) is 16.6. The zero-order valence-corrected chi connectivity index (χ0v) is 18.9. The lowest BCUT2D eigenvalue weighted by molar-refractivity contribution is -0.185. The van der Waals surface area contributed by atoms with E-state index in [1.807, 2.05) is 4.90 Å². The first kappa shape index (κ1) is 26.0. The smallest absolute Gasteiger partial charge is 0.404 e. The van der Waals surface area contributed by atoms with Crippen molar-refractivity contribution in [1.82, 2.24) is 4.90 Å². The van der Waals surface area contributed by atoms with E-state index in [1.165, 1.54) is 4.90 Å². The van der Waals surface area contributed by atoms with E-state index < -0.39 is 46.1 Å². The topological polar surface area (TPSA) is 111 Å². The first-order chi connectivity index (χ1) is 14.3. The van der Waals surface area contributed by atoms with E-state index in [0.717, 1.165) is 0 Å². The molecule has 1 heterocycles. The van der Waals surface area contributed by atoms with Gasteiger partial charge in [-0.3, -0.25) is 14.5 Å². The van der Waals surface area contributed by atoms with E-state index in [2.05, 4.69) is 0 Å². The normalized spacial score (nSPS) is 19.6. The van der Waals surface area contributed by atoms with Crippen LogP contribution in [0.3, 0.4) is 0 Å². The molecule has 2 rings (SSSR count). The highest BCUT2D eigenvalue weighted by molar-refractivity contribution is 7.92. The highest BCUT2D eigenvalue weighted by Gasteiger charge is 2.44. The van der Waals surface area contributed by atoms with E-state index in [1.54, 1.807) is 18.2 Å². The molecule has 0 aliphatic carbocycles. The maximum absolute atomic E-state index is 13.7. The number of nitrogens with one attached hydrogen (secondary N) is 1. The fraction of sp³-hybridized carbons (Fsp3) is 0.611. The highest BCUT2D eigenvalue weighted by atomic mass is 35.5. The second kappa shape index (κ2) is 10.6. The van der Waals surface area contributed by atoms with Crippen LogP contribution in [-0.2, 0) is 14.5 Å². The molecular formula is C18H25Cl2F3N4O3S. The Kier molecular flexibility index (Phi) is 8.86. The number of halogens is 5. The van der Waals surface area contributed by atoms with Crippen LogP contribution in [0.1, 0.15) is 12.8 Å². The van der Waals surface area contributed by atoms with Crippen LogP contribution >= 0.6 is 23.2 Å². The monoisotopic (exact) mass is 504 g/mol. The van der Waals surface area contributed by atoms with Gasteiger partial charge in [0.15, 0.2) is 0 Å². The molecule has 13 heteroatoms. The number of piperazine rings is 1. The van der Waals surface area contributed by atoms with E-state index in [9.17, 15) is 22.2 Å². The van der Waals surface area contributed by atoms with Crippen molar-refractivity contribution in [3.05, 3.63) is 28.2 Å². The van der Waals surface area contributed by atoms with Gasteiger partial charge in [-0.2, -0.15) is 13.2 Å². The molecule has 31 heavy (non-hydrogen) atoms. The number of aliphatic carboxylic acids is 1. The Morgan fingerprint density at radius 2 is 1.77 bits per heavy atom. The average molecular weight is 505 g/mol. The summed E-state index contributed by atoms with van der Waals surface area (Å²) >= 11 is 12.1. The highest BCUT2D eigenvalue weighted by Crippen LogP contribution is 2.32. The van der Waals surface area contributed by atoms with Gasteiger partial charge in [-0.1, -0.05) is 23.2 Å². The lowest BCUT2D eigenvalue weighted by atomic mass is 10.1. The number of hydrogen-bond acceptors (Lipinski definition) is 6. The van der Waals surface area contributed by atoms with Crippen molar-refractivity contribution in [3.63, 3.8) is 0 Å². The van der Waals surface area contributed by atoms with Gasteiger partial charge in [0, 0.05) is 52.4 Å². The second-order valence-corrected chi connectivity index (χ2v) is 10.7. The minimum absolute atomic E-state index is 0.117. The molecule has 0 spiro atoms. The lowest BCUT2D eigenvalue weighted by Gasteiger charge is -2.41. The van der Waals surface area contributed by atoms with Crippen molar-refractivity contribution < 1.29 is 27.3 Å². The van der Waals surface area contributed by atoms with Gasteiger partial charge >= 0.3 is 12.1 Å². The number of carboxylic acids is 1. The Balaban J connectivity index is 1.98. The number of nitrogens with zero attached hydrogens (tertiary/aromatic N) is 2. The summed E-state index contributed by atoms with van der Waals surface area (Å²) in [4.78, 5) is 13.9. The molecular weight excluding hydrogens is 480 g/mol. The maximum Gasteiger partial charge on any atom is 0.404 e. The molecule has 1 aromatic rings. The summed E-state index contributed by atoms with van der Waals surface area (Å²) < 4.78 is 61.2. The van der Waals surface area contributed by atoms with Crippen molar-refractivity contribution in [1.29, 1.82) is 4.78 Å². The minimum Gasteiger partial charge on any atom is -0.480 e. The molecule has 1 aromatic carbocycles. The summed E-state index contributed by atoms with van der Waals surface area (Å²) in [6.45, 7) is 0.869. The number of anilines is 1. The molecule has 0 saturated carbocycles. The molecule has 0 bridgehead atoms. The van der Waals surface area contributed by atoms with Crippen LogP contribution < -0.4 is 10.6 Å². The summed E-state index contributed by atoms with van der Waals surface area (Å²) in [5.74, 6) is -2.14. The van der Waals surface area contributed by atoms with Crippen molar-refractivity contribution in [2.75, 3.05) is 42.6 Å². The van der Waals surface area contributed by atoms with Crippen molar-refractivity contribution in [2.45, 2.75) is 31.1 Å². The summed E-state index contributed by atoms with van der Waals surface area (Å²) in [6, 6.07) is 1.82. The van der Waals surface area contributed by atoms with Crippen molar-refractivity contribution in [3.8, 4) is 0 Å². The van der Waals surface area contributed by atoms with E-state index in [-0.39, 0.29) is 25.3 Å². The van der Waals surface area contributed by atoms with Crippen LogP contribution in [0.15, 0.2) is 18.2 Å². The Morgan fingerprint density at radius 3 is 2.29 bits per heavy atom. The van der Waals surface area contributed by atoms with Gasteiger partial charge in [0.1, 0.15) is 12.1 Å². The molecule has 7 nitrogen and oxygen atoms in total. The number of alkyl halides is 3. The molecule has 0 radical (unpaired) electrons. The van der Waals surface area contributed by atoms with E-state index in [4.69, 9.17) is 38.8 Å². The van der Waals surface area contributed by atoms with Crippen LogP contribution in [0.25, 0.3) is 0 Å². The molecule has 176 valence electrons. The Bertz CT molecular complexity index is 878. The molecule has 0 aromatic heterocycles. The fourth-order valence-electron chi connectivity index (χ4n) is 3.41. The van der Waals surface area contributed by atoms with Crippen LogP contribution in [0, 0.1) is 4.78 Å². The fourth-order valence-corrected chi connectivity index (χ4v) is 5.38. The minimum atomic E-state index is -4.55. The molecule has 0 amide bonds. The van der Waals surface area contributed by atoms with Crippen LogP contribution in [0.2, 0.25) is 10.0 Å². The summed E-state index contributed by atoms with van der Waals surface area (Å²) in [5, 5.41) is 9.64. The Labute approximate surface area is 189 Å². The third kappa shape index (κ3) is 7.67. The van der Waals surface area contributed by atoms with Crippen LogP contribution in [0.4, 0.5) is 18.9 Å². The Morgan fingerprint density at radius 1 is 1.19 bits per heavy atom. The third-order valence-corrected chi connectivity index (χ3v) is 7.51. The predicted molar refractivity (Wildman–Crippen MR) is 116 cm³/mol. The molecule has 1 fully saturated rings. The average Bonchev–Trinajstić information content (AvgIpc) is 2.66. The molecule has 3 atom stereocenters. The van der Waals surface area contributed by atoms with Crippen LogP contribution in [0.5, 0.6) is 0 Å². The van der Waals surface area contributed by atoms with Crippen LogP contribution in [-0.4, -0.2) is 76.1 Å². The third-order valence-electron chi connectivity index (χ3n) is 5.18. The number of benzene rings is 1. The number of hydrogen-bond donors (Lipinski definition) is 3. The molecule has 1 saturated heterocycles. The zero-order chi connectivity index (χ0) is 23.4. The van der Waals surface area contributed by atoms with Gasteiger partial charge in [-0.05, 0) is 31.0 Å². The van der Waals surface area contributed by atoms with Gasteiger partial charge in [0.05, 0.1) is 10.7 Å². The molecule has 1 aliphatic heterocycles. The van der Waals surface area contributed by atoms with Gasteiger partial charge in [-0.15, -0.1) is 0 Å². The summed E-state index contributed by atoms with van der Waals surface area (Å²) in [5.41, 5.74) is 6.02. The maximum atomic E-state index is 13.7. The SMILES string of the molecule is N=S(=O)(CCC(N1CCN(c2ccc(Cl)cc2Cl)CC1)C(F)(F)F)CC[C@H](N)C(=O)O. The van der Waals surface area contributed by atoms with E-state index in [0.29, 0.717) is 28.8 Å². The molecule has 4 N–H and O–H groups in total. The quantitative estimate of drug-likeness (QED) is 0.475. The van der Waals surface area contributed by atoms with Crippen molar-refractivity contribution in [2.24, 2.45) is 5.73 Å². The van der Waals surface area contributed by atoms with Crippen molar-refractivity contribution >= 4 is 44.6 Å². The molecule has 1 aliphatic rings. The predicted octanol–water partition coefficient (Wildman–Crippen LogP) is 3.29. The summed E-state index contributed by atoms with van der Waals surface area (Å²) in [6.07, 6.45) is -5.28. The molecule has 2 unspecified atom stereocenters. The van der Waals surface area contributed by atoms with Gasteiger partial charge in [0.25, 0.3) is 0 Å². The second-order valence-electron chi connectivity index (χ2n) is 7.42. The summed E-state index contributed by atoms with van der Waals surface area (Å²) in [7, 11) is -3.38. The Hall–Kier alpha value is -1.27. The first-order valence-electron chi connectivity index (χ1n) is 9.53. The largest absolute Gasteiger partial charge is 0.480 e. The first-order valence-corrected chi connectivity index (χ1v) is 12.2. The van der Waals surface area contributed by atoms with E-state index >= 15 is 0 Å². The van der Waals surface area contributed by atoms with Gasteiger partial charge in [0.2, 0.25) is 0 Å². The standard InChI is InChI=1S/C18H25Cl2F3N4O3S/c19-12-1-2-15(13(20)11-12)26-5-7-27(8-6-26)16(18(21,22)23)4-10-31(25,30)9-3-14(24)17(28)29/h1-2,11,14,16,25H,3-10,24H2,(H,28,29)/t14-,16?,31?/m0/s1. The van der Waals surface area contributed by atoms with Gasteiger partial charge < -0.3 is 15.7 Å².